The SMILES string of the molecule is CCN(CC(=O)O)C1CC(NC(=O)Nc2cc(-c3n[nH]c(C)n3)ccc2C)C1. The molecule has 2 aromatic rings. The van der Waals surface area contributed by atoms with Gasteiger partial charge in [0.15, 0.2) is 5.82 Å². The number of aromatic nitrogens is 3. The standard InChI is InChI=1S/C19H26N6O3/c1-4-25(10-17(26)27)15-8-14(9-15)21-19(28)22-16-7-13(6-5-11(16)2)18-20-12(3)23-24-18/h5-7,14-15H,4,8-10H2,1-3H3,(H,26,27)(H,20,23,24)(H2,21,22,28). The number of anilines is 1. The summed E-state index contributed by atoms with van der Waals surface area (Å²) in [7, 11) is 0. The van der Waals surface area contributed by atoms with Crippen LogP contribution in [0.1, 0.15) is 31.2 Å². The number of aliphatic carboxylic acids is 1. The third-order valence-electron chi connectivity index (χ3n) is 5.05. The summed E-state index contributed by atoms with van der Waals surface area (Å²) in [5, 5.41) is 21.8. The molecule has 9 nitrogen and oxygen atoms in total. The van der Waals surface area contributed by atoms with Crippen molar-refractivity contribution in [1.82, 2.24) is 25.4 Å². The molecule has 0 aliphatic heterocycles. The Hall–Kier alpha value is -2.94. The van der Waals surface area contributed by atoms with Gasteiger partial charge in [-0.3, -0.25) is 14.8 Å². The number of hydrogen-bond donors (Lipinski definition) is 4. The number of benzene rings is 1. The monoisotopic (exact) mass is 386 g/mol. The number of aromatic amines is 1. The van der Waals surface area contributed by atoms with Crippen molar-refractivity contribution in [2.45, 2.75) is 45.7 Å². The van der Waals surface area contributed by atoms with E-state index in [0.29, 0.717) is 18.1 Å². The number of nitrogens with one attached hydrogen (secondary N) is 3. The van der Waals surface area contributed by atoms with Crippen molar-refractivity contribution in [3.8, 4) is 11.4 Å². The first-order chi connectivity index (χ1) is 13.4. The van der Waals surface area contributed by atoms with E-state index in [1.807, 2.05) is 43.9 Å². The molecule has 1 aliphatic rings. The van der Waals surface area contributed by atoms with Gasteiger partial charge in [0.2, 0.25) is 0 Å². The highest BCUT2D eigenvalue weighted by Gasteiger charge is 2.34. The predicted octanol–water partition coefficient (Wildman–Crippen LogP) is 2.15. The molecule has 0 unspecified atom stereocenters. The molecule has 150 valence electrons. The molecule has 0 spiro atoms. The van der Waals surface area contributed by atoms with Crippen LogP contribution in [0, 0.1) is 13.8 Å². The van der Waals surface area contributed by atoms with Gasteiger partial charge in [0, 0.05) is 23.3 Å². The van der Waals surface area contributed by atoms with Gasteiger partial charge in [0.05, 0.1) is 6.54 Å². The predicted molar refractivity (Wildman–Crippen MR) is 105 cm³/mol. The summed E-state index contributed by atoms with van der Waals surface area (Å²) < 4.78 is 0. The Balaban J connectivity index is 1.55. The molecule has 9 heteroatoms. The second kappa shape index (κ2) is 8.39. The van der Waals surface area contributed by atoms with Crippen LogP contribution >= 0.6 is 0 Å². The molecule has 1 aliphatic carbocycles. The van der Waals surface area contributed by atoms with Crippen molar-refractivity contribution >= 4 is 17.7 Å². The molecule has 0 bridgehead atoms. The first-order valence-electron chi connectivity index (χ1n) is 9.39. The zero-order valence-electron chi connectivity index (χ0n) is 16.3. The fourth-order valence-electron chi connectivity index (χ4n) is 3.39. The Bertz CT molecular complexity index is 859. The Morgan fingerprint density at radius 1 is 1.32 bits per heavy atom. The fourth-order valence-corrected chi connectivity index (χ4v) is 3.39. The van der Waals surface area contributed by atoms with Crippen molar-refractivity contribution in [3.05, 3.63) is 29.6 Å². The highest BCUT2D eigenvalue weighted by atomic mass is 16.4. The normalized spacial score (nSPS) is 18.6. The van der Waals surface area contributed by atoms with Crippen LogP contribution in [-0.2, 0) is 4.79 Å². The van der Waals surface area contributed by atoms with E-state index in [2.05, 4.69) is 25.8 Å². The van der Waals surface area contributed by atoms with Gasteiger partial charge < -0.3 is 15.7 Å². The number of likely N-dealkylation sites (N-methyl/N-ethyl adjacent to an activating group) is 1. The lowest BCUT2D eigenvalue weighted by atomic mass is 9.85. The summed E-state index contributed by atoms with van der Waals surface area (Å²) in [6.07, 6.45) is 1.51. The Kier molecular flexibility index (Phi) is 5.93. The maximum Gasteiger partial charge on any atom is 0.319 e. The van der Waals surface area contributed by atoms with E-state index >= 15 is 0 Å². The van der Waals surface area contributed by atoms with E-state index in [1.54, 1.807) is 0 Å². The minimum atomic E-state index is -0.826. The van der Waals surface area contributed by atoms with Crippen molar-refractivity contribution < 1.29 is 14.7 Å². The van der Waals surface area contributed by atoms with Crippen LogP contribution in [0.4, 0.5) is 10.5 Å². The minimum Gasteiger partial charge on any atom is -0.480 e. The van der Waals surface area contributed by atoms with Gasteiger partial charge >= 0.3 is 12.0 Å². The third-order valence-corrected chi connectivity index (χ3v) is 5.05. The van der Waals surface area contributed by atoms with E-state index < -0.39 is 5.97 Å². The maximum absolute atomic E-state index is 12.4. The molecule has 0 atom stereocenters. The summed E-state index contributed by atoms with van der Waals surface area (Å²) in [5.41, 5.74) is 2.46. The highest BCUT2D eigenvalue weighted by molar-refractivity contribution is 5.91. The van der Waals surface area contributed by atoms with Crippen LogP contribution in [-0.4, -0.2) is 62.4 Å². The molecular weight excluding hydrogens is 360 g/mol. The number of hydrogen-bond acceptors (Lipinski definition) is 5. The molecule has 2 amide bonds. The van der Waals surface area contributed by atoms with E-state index in [9.17, 15) is 9.59 Å². The molecule has 4 N–H and O–H groups in total. The van der Waals surface area contributed by atoms with Gasteiger partial charge in [0.1, 0.15) is 5.82 Å². The van der Waals surface area contributed by atoms with Crippen LogP contribution in [0.5, 0.6) is 0 Å². The summed E-state index contributed by atoms with van der Waals surface area (Å²) in [4.78, 5) is 29.5. The number of carbonyl (C=O) groups is 2. The lowest BCUT2D eigenvalue weighted by molar-refractivity contribution is -0.139. The largest absolute Gasteiger partial charge is 0.480 e. The zero-order valence-corrected chi connectivity index (χ0v) is 16.3. The van der Waals surface area contributed by atoms with E-state index in [4.69, 9.17) is 5.11 Å². The first-order valence-corrected chi connectivity index (χ1v) is 9.39. The number of carboxylic acids is 1. The number of carboxylic acid groups (broad SMARTS) is 1. The number of aryl methyl sites for hydroxylation is 2. The number of nitrogens with zero attached hydrogens (tertiary/aromatic N) is 3. The van der Waals surface area contributed by atoms with Gasteiger partial charge in [-0.2, -0.15) is 5.10 Å². The third kappa shape index (κ3) is 4.66. The smallest absolute Gasteiger partial charge is 0.319 e. The summed E-state index contributed by atoms with van der Waals surface area (Å²) in [5.74, 6) is 0.486. The lowest BCUT2D eigenvalue weighted by Gasteiger charge is -2.42. The lowest BCUT2D eigenvalue weighted by Crippen LogP contribution is -2.55. The van der Waals surface area contributed by atoms with Crippen molar-refractivity contribution in [2.75, 3.05) is 18.4 Å². The molecule has 3 rings (SSSR count). The number of H-pyrrole nitrogens is 1. The maximum atomic E-state index is 12.4. The molecule has 1 aromatic heterocycles. The molecule has 1 heterocycles. The summed E-state index contributed by atoms with van der Waals surface area (Å²) in [6.45, 7) is 6.42. The van der Waals surface area contributed by atoms with Crippen molar-refractivity contribution in [3.63, 3.8) is 0 Å². The van der Waals surface area contributed by atoms with Gasteiger partial charge in [0.25, 0.3) is 0 Å². The number of rotatable bonds is 7. The van der Waals surface area contributed by atoms with Crippen LogP contribution in [0.15, 0.2) is 18.2 Å². The van der Waals surface area contributed by atoms with Crippen LogP contribution in [0.3, 0.4) is 0 Å². The topological polar surface area (TPSA) is 123 Å². The van der Waals surface area contributed by atoms with E-state index in [1.165, 1.54) is 0 Å². The minimum absolute atomic E-state index is 0.0345. The number of amides is 2. The Labute approximate surface area is 163 Å². The van der Waals surface area contributed by atoms with Gasteiger partial charge in [-0.25, -0.2) is 9.78 Å². The molecule has 0 radical (unpaired) electrons. The molecule has 1 fully saturated rings. The van der Waals surface area contributed by atoms with Crippen molar-refractivity contribution in [2.24, 2.45) is 0 Å². The second-order valence-corrected chi connectivity index (χ2v) is 7.15. The first kappa shape index (κ1) is 19.8. The summed E-state index contributed by atoms with van der Waals surface area (Å²) >= 11 is 0. The average molecular weight is 386 g/mol. The number of urea groups is 1. The van der Waals surface area contributed by atoms with Gasteiger partial charge in [-0.15, -0.1) is 0 Å². The van der Waals surface area contributed by atoms with E-state index in [0.717, 1.165) is 29.8 Å². The molecule has 0 saturated heterocycles. The van der Waals surface area contributed by atoms with Crippen molar-refractivity contribution in [1.29, 1.82) is 0 Å². The fraction of sp³-hybridized carbons (Fsp3) is 0.474. The zero-order chi connectivity index (χ0) is 20.3. The molecular formula is C19H26N6O3. The average Bonchev–Trinajstić information content (AvgIpc) is 3.04. The highest BCUT2D eigenvalue weighted by Crippen LogP contribution is 2.26. The van der Waals surface area contributed by atoms with Gasteiger partial charge in [-0.05, 0) is 44.9 Å². The second-order valence-electron chi connectivity index (χ2n) is 7.15. The van der Waals surface area contributed by atoms with Crippen LogP contribution < -0.4 is 10.6 Å². The summed E-state index contributed by atoms with van der Waals surface area (Å²) in [6, 6.07) is 5.67. The molecule has 1 saturated carbocycles. The number of carbonyl (C=O) groups excluding carboxylic acids is 1. The van der Waals surface area contributed by atoms with Crippen LogP contribution in [0.2, 0.25) is 0 Å². The van der Waals surface area contributed by atoms with Crippen LogP contribution in [0.25, 0.3) is 11.4 Å². The quantitative estimate of drug-likeness (QED) is 0.578. The molecule has 28 heavy (non-hydrogen) atoms. The van der Waals surface area contributed by atoms with E-state index in [-0.39, 0.29) is 24.7 Å². The molecule has 1 aromatic carbocycles. The Morgan fingerprint density at radius 2 is 2.07 bits per heavy atom. The van der Waals surface area contributed by atoms with Gasteiger partial charge in [-0.1, -0.05) is 19.1 Å². The Morgan fingerprint density at radius 3 is 2.68 bits per heavy atom.